The third-order valence-electron chi connectivity index (χ3n) is 3.52. The minimum atomic E-state index is -3.76. The van der Waals surface area contributed by atoms with E-state index in [0.717, 1.165) is 6.42 Å². The lowest BCUT2D eigenvalue weighted by atomic mass is 10.0. The van der Waals surface area contributed by atoms with Crippen molar-refractivity contribution >= 4 is 10.1 Å². The number of nitrogens with zero attached hydrogens (tertiary/aromatic N) is 1. The maximum Gasteiger partial charge on any atom is 0.294 e. The zero-order valence-corrected chi connectivity index (χ0v) is 12.4. The Labute approximate surface area is 125 Å². The molecule has 2 aromatic carbocycles. The summed E-state index contributed by atoms with van der Waals surface area (Å²) in [4.78, 5) is 0. The van der Waals surface area contributed by atoms with Gasteiger partial charge in [-0.1, -0.05) is 60.7 Å². The first-order chi connectivity index (χ1) is 10.2. The Morgan fingerprint density at radius 1 is 0.857 bits per heavy atom. The minimum Gasteiger partial charge on any atom is -0.197 e. The van der Waals surface area contributed by atoms with Gasteiger partial charge < -0.3 is 0 Å². The van der Waals surface area contributed by atoms with Crippen molar-refractivity contribution in [2.75, 3.05) is 13.1 Å². The molecule has 1 fully saturated rings. The number of hydrogen-bond donors (Lipinski definition) is 0. The van der Waals surface area contributed by atoms with Gasteiger partial charge in [0.2, 0.25) is 0 Å². The second kappa shape index (κ2) is 5.97. The molecule has 1 aliphatic heterocycles. The number of hydrogen-bond acceptors (Lipinski definition) is 4. The van der Waals surface area contributed by atoms with Gasteiger partial charge in [-0.15, -0.1) is 0 Å². The van der Waals surface area contributed by atoms with Crippen molar-refractivity contribution in [3.63, 3.8) is 0 Å². The molecule has 4 nitrogen and oxygen atoms in total. The highest BCUT2D eigenvalue weighted by Crippen LogP contribution is 2.32. The molecule has 0 N–H and O–H groups in total. The van der Waals surface area contributed by atoms with Gasteiger partial charge in [-0.25, -0.2) is 0 Å². The maximum atomic E-state index is 12.7. The van der Waals surface area contributed by atoms with Crippen LogP contribution < -0.4 is 0 Å². The van der Waals surface area contributed by atoms with Crippen molar-refractivity contribution in [3.8, 4) is 0 Å². The highest BCUT2D eigenvalue weighted by Gasteiger charge is 2.33. The molecule has 0 unspecified atom stereocenters. The van der Waals surface area contributed by atoms with E-state index in [1.807, 2.05) is 60.7 Å². The van der Waals surface area contributed by atoms with Crippen LogP contribution in [0.4, 0.5) is 0 Å². The average molecular weight is 303 g/mol. The van der Waals surface area contributed by atoms with E-state index in [-0.39, 0.29) is 0 Å². The summed E-state index contributed by atoms with van der Waals surface area (Å²) < 4.78 is 30.6. The van der Waals surface area contributed by atoms with Crippen LogP contribution in [0.2, 0.25) is 0 Å². The quantitative estimate of drug-likeness (QED) is 0.852. The van der Waals surface area contributed by atoms with Crippen LogP contribution in [-0.2, 0) is 14.4 Å². The summed E-state index contributed by atoms with van der Waals surface area (Å²) in [6, 6.07) is 18.3. The fourth-order valence-corrected chi connectivity index (χ4v) is 3.84. The molecule has 1 heterocycles. The summed E-state index contributed by atoms with van der Waals surface area (Å²) in [5.41, 5.74) is 1.42. The molecule has 0 radical (unpaired) electrons. The summed E-state index contributed by atoms with van der Waals surface area (Å²) >= 11 is 0. The Morgan fingerprint density at radius 2 is 1.33 bits per heavy atom. The Hall–Kier alpha value is -1.69. The monoisotopic (exact) mass is 303 g/mol. The Bertz CT molecular complexity index is 642. The van der Waals surface area contributed by atoms with Crippen LogP contribution in [0, 0.1) is 0 Å². The van der Waals surface area contributed by atoms with E-state index < -0.39 is 15.4 Å². The second-order valence-electron chi connectivity index (χ2n) is 5.05. The molecule has 0 spiro atoms. The molecule has 0 amide bonds. The van der Waals surface area contributed by atoms with E-state index >= 15 is 0 Å². The number of benzene rings is 2. The molecule has 110 valence electrons. The first kappa shape index (κ1) is 14.3. The van der Waals surface area contributed by atoms with Gasteiger partial charge in [0.1, 0.15) is 5.25 Å². The Kier molecular flexibility index (Phi) is 4.05. The standard InChI is InChI=1S/C16H17NO3S/c18-21(19,20-17-12-7-13-17)16(14-8-3-1-4-9-14)15-10-5-2-6-11-15/h1-6,8-11,16H,7,12-13H2. The van der Waals surface area contributed by atoms with Gasteiger partial charge in [-0.3, -0.25) is 0 Å². The van der Waals surface area contributed by atoms with Crippen molar-refractivity contribution in [1.82, 2.24) is 5.06 Å². The first-order valence-electron chi connectivity index (χ1n) is 6.95. The molecule has 21 heavy (non-hydrogen) atoms. The van der Waals surface area contributed by atoms with E-state index in [9.17, 15) is 8.42 Å². The Balaban J connectivity index is 2.00. The lowest BCUT2D eigenvalue weighted by molar-refractivity contribution is -0.101. The molecule has 1 saturated heterocycles. The van der Waals surface area contributed by atoms with Gasteiger partial charge in [-0.05, 0) is 17.5 Å². The zero-order valence-electron chi connectivity index (χ0n) is 11.6. The van der Waals surface area contributed by atoms with Gasteiger partial charge in [0, 0.05) is 13.1 Å². The lowest BCUT2D eigenvalue weighted by Crippen LogP contribution is -2.40. The Morgan fingerprint density at radius 3 is 1.71 bits per heavy atom. The van der Waals surface area contributed by atoms with Crippen LogP contribution in [0.25, 0.3) is 0 Å². The van der Waals surface area contributed by atoms with E-state index in [1.54, 1.807) is 0 Å². The van der Waals surface area contributed by atoms with Crippen molar-refractivity contribution in [1.29, 1.82) is 0 Å². The zero-order chi connectivity index (χ0) is 14.7. The normalized spacial score (nSPS) is 15.9. The topological polar surface area (TPSA) is 46.6 Å². The van der Waals surface area contributed by atoms with Crippen LogP contribution in [0.15, 0.2) is 60.7 Å². The highest BCUT2D eigenvalue weighted by molar-refractivity contribution is 7.87. The minimum absolute atomic E-state index is 0.662. The molecule has 0 aliphatic carbocycles. The van der Waals surface area contributed by atoms with Gasteiger partial charge >= 0.3 is 0 Å². The van der Waals surface area contributed by atoms with E-state index in [1.165, 1.54) is 5.06 Å². The average Bonchev–Trinajstić information content (AvgIpc) is 2.45. The molecule has 0 aromatic heterocycles. The van der Waals surface area contributed by atoms with Crippen molar-refractivity contribution < 1.29 is 12.7 Å². The largest absolute Gasteiger partial charge is 0.294 e. The summed E-state index contributed by atoms with van der Waals surface area (Å²) in [6.07, 6.45) is 0.969. The molecule has 0 bridgehead atoms. The molecule has 0 atom stereocenters. The number of rotatable bonds is 5. The van der Waals surface area contributed by atoms with Gasteiger partial charge in [-0.2, -0.15) is 17.8 Å². The van der Waals surface area contributed by atoms with Crippen LogP contribution >= 0.6 is 0 Å². The molecule has 1 aliphatic rings. The fourth-order valence-electron chi connectivity index (χ4n) is 2.33. The third kappa shape index (κ3) is 3.15. The van der Waals surface area contributed by atoms with Crippen LogP contribution in [0.3, 0.4) is 0 Å². The maximum absolute atomic E-state index is 12.7. The summed E-state index contributed by atoms with van der Waals surface area (Å²) in [7, 11) is -3.76. The second-order valence-corrected chi connectivity index (χ2v) is 6.66. The highest BCUT2D eigenvalue weighted by atomic mass is 32.2. The van der Waals surface area contributed by atoms with Gasteiger partial charge in [0.25, 0.3) is 10.1 Å². The predicted molar refractivity (Wildman–Crippen MR) is 80.9 cm³/mol. The predicted octanol–water partition coefficient (Wildman–Crippen LogP) is 2.74. The van der Waals surface area contributed by atoms with E-state index in [4.69, 9.17) is 4.28 Å². The molecule has 5 heteroatoms. The molecular formula is C16H17NO3S. The van der Waals surface area contributed by atoms with Crippen molar-refractivity contribution in [2.45, 2.75) is 11.7 Å². The lowest BCUT2D eigenvalue weighted by Gasteiger charge is -2.30. The first-order valence-corrected chi connectivity index (χ1v) is 8.42. The molecule has 0 saturated carbocycles. The fraction of sp³-hybridized carbons (Fsp3) is 0.250. The number of hydroxylamine groups is 2. The van der Waals surface area contributed by atoms with Gasteiger partial charge in [0.15, 0.2) is 0 Å². The third-order valence-corrected chi connectivity index (χ3v) is 5.06. The van der Waals surface area contributed by atoms with Crippen molar-refractivity contribution in [2.24, 2.45) is 0 Å². The molecular weight excluding hydrogens is 286 g/mol. The molecule has 3 rings (SSSR count). The summed E-state index contributed by atoms with van der Waals surface area (Å²) in [6.45, 7) is 1.32. The van der Waals surface area contributed by atoms with Crippen LogP contribution in [0.1, 0.15) is 22.8 Å². The van der Waals surface area contributed by atoms with Crippen LogP contribution in [-0.4, -0.2) is 26.6 Å². The van der Waals surface area contributed by atoms with Gasteiger partial charge in [0.05, 0.1) is 0 Å². The SMILES string of the molecule is O=S(=O)(ON1CCC1)C(c1ccccc1)c1ccccc1. The smallest absolute Gasteiger partial charge is 0.197 e. The van der Waals surface area contributed by atoms with Crippen molar-refractivity contribution in [3.05, 3.63) is 71.8 Å². The van der Waals surface area contributed by atoms with E-state index in [2.05, 4.69) is 0 Å². The molecule has 2 aromatic rings. The summed E-state index contributed by atoms with van der Waals surface area (Å²) in [5.74, 6) is 0. The van der Waals surface area contributed by atoms with E-state index in [0.29, 0.717) is 24.2 Å². The summed E-state index contributed by atoms with van der Waals surface area (Å²) in [5, 5.41) is 0.689. The van der Waals surface area contributed by atoms with Crippen LogP contribution in [0.5, 0.6) is 0 Å².